The van der Waals surface area contributed by atoms with Crippen molar-refractivity contribution in [2.24, 2.45) is 47.0 Å². The number of hydrogen-bond acceptors (Lipinski definition) is 29. The van der Waals surface area contributed by atoms with Crippen molar-refractivity contribution in [3.05, 3.63) is 65.7 Å². The lowest BCUT2D eigenvalue weighted by atomic mass is 9.99. The molecule has 2 aromatic carbocycles. The number of guanidine groups is 1. The summed E-state index contributed by atoms with van der Waals surface area (Å²) in [4.78, 5) is 302. The average Bonchev–Trinajstić information content (AvgIpc) is 1.76. The minimum Gasteiger partial charge on any atom is -0.508 e. The fourth-order valence-electron chi connectivity index (χ4n) is 14.9. The summed E-state index contributed by atoms with van der Waals surface area (Å²) < 4.78 is 0. The number of aliphatic carboxylic acids is 2. The van der Waals surface area contributed by atoms with Crippen LogP contribution in [0.3, 0.4) is 0 Å². The van der Waals surface area contributed by atoms with Gasteiger partial charge in [-0.25, -0.2) is 0 Å². The van der Waals surface area contributed by atoms with Crippen LogP contribution in [0.2, 0.25) is 0 Å². The van der Waals surface area contributed by atoms with Gasteiger partial charge >= 0.3 is 11.9 Å². The van der Waals surface area contributed by atoms with Gasteiger partial charge in [0.05, 0.1) is 45.9 Å². The second-order valence-corrected chi connectivity index (χ2v) is 38.8. The molecular formula is C94H150N24O28S. The smallest absolute Gasteiger partial charge is 0.322 e. The molecule has 1 saturated heterocycles. The highest BCUT2D eigenvalue weighted by atomic mass is 32.2. The van der Waals surface area contributed by atoms with E-state index < -0.39 is 309 Å². The Morgan fingerprint density at radius 3 is 1.22 bits per heavy atom. The third-order valence-corrected chi connectivity index (χ3v) is 23.5. The molecule has 0 saturated carbocycles. The van der Waals surface area contributed by atoms with Crippen molar-refractivity contribution in [3.8, 4) is 5.75 Å². The van der Waals surface area contributed by atoms with Crippen molar-refractivity contribution in [1.82, 2.24) is 111 Å². The molecule has 147 heavy (non-hydrogen) atoms. The fraction of sp³-hybridized carbons (Fsp3) is 0.628. The Kier molecular flexibility index (Phi) is 56.1. The van der Waals surface area contributed by atoms with Gasteiger partial charge < -0.3 is 153 Å². The number of thioether (sulfide) groups is 1. The highest BCUT2D eigenvalue weighted by molar-refractivity contribution is 7.98. The summed E-state index contributed by atoms with van der Waals surface area (Å²) in [5, 5.41) is 117. The van der Waals surface area contributed by atoms with Crippen LogP contribution in [0, 0.1) is 40.9 Å². The second kappa shape index (κ2) is 64.8. The number of hydrogen-bond donors (Lipinski definition) is 29. The number of nitrogens with one attached hydrogen (secondary N) is 21. The summed E-state index contributed by atoms with van der Waals surface area (Å²) in [6.45, 7) is 16.5. The van der Waals surface area contributed by atoms with Gasteiger partial charge in [-0.3, -0.25) is 111 Å². The number of aliphatic hydroxyl groups is 3. The molecule has 820 valence electrons. The molecule has 0 unspecified atom stereocenters. The zero-order valence-electron chi connectivity index (χ0n) is 85.5. The predicted molar refractivity (Wildman–Crippen MR) is 533 cm³/mol. The number of carboxylic acids is 2. The van der Waals surface area contributed by atoms with Crippen molar-refractivity contribution in [2.45, 2.75) is 270 Å². The number of likely N-dealkylation sites (tertiary alicyclic amines) is 1. The maximum absolute atomic E-state index is 14.9. The van der Waals surface area contributed by atoms with E-state index in [9.17, 15) is 131 Å². The number of carbonyl (C=O) groups is 22. The average molecular weight is 2100 g/mol. The van der Waals surface area contributed by atoms with Gasteiger partial charge in [-0.2, -0.15) is 11.8 Å². The number of carbonyl (C=O) groups excluding carboxylic acids is 20. The van der Waals surface area contributed by atoms with E-state index in [1.807, 2.05) is 5.32 Å². The fourth-order valence-corrected chi connectivity index (χ4v) is 15.4. The van der Waals surface area contributed by atoms with Gasteiger partial charge in [0, 0.05) is 25.9 Å². The van der Waals surface area contributed by atoms with E-state index in [1.165, 1.54) is 70.6 Å². The van der Waals surface area contributed by atoms with Crippen molar-refractivity contribution in [3.63, 3.8) is 0 Å². The van der Waals surface area contributed by atoms with E-state index in [-0.39, 0.29) is 105 Å². The molecule has 31 N–H and O–H groups in total. The maximum atomic E-state index is 14.9. The zero-order chi connectivity index (χ0) is 111. The van der Waals surface area contributed by atoms with E-state index in [2.05, 4.69) is 101 Å². The van der Waals surface area contributed by atoms with Crippen LogP contribution in [0.5, 0.6) is 5.75 Å². The monoisotopic (exact) mass is 2100 g/mol. The molecule has 20 amide bonds. The molecule has 53 heteroatoms. The van der Waals surface area contributed by atoms with Crippen molar-refractivity contribution in [2.75, 3.05) is 71.1 Å². The van der Waals surface area contributed by atoms with Crippen molar-refractivity contribution >= 4 is 148 Å². The molecule has 1 aliphatic heterocycles. The number of phenols is 1. The van der Waals surface area contributed by atoms with Crippen LogP contribution in [-0.2, 0) is 118 Å². The number of aromatic hydroxyl groups is 1. The first-order valence-electron chi connectivity index (χ1n) is 48.4. The molecule has 0 bridgehead atoms. The summed E-state index contributed by atoms with van der Waals surface area (Å²) in [6, 6.07) is -12.8. The number of nitrogens with zero attached hydrogens (tertiary/aromatic N) is 1. The van der Waals surface area contributed by atoms with E-state index >= 15 is 0 Å². The summed E-state index contributed by atoms with van der Waals surface area (Å²) >= 11 is 1.26. The Bertz CT molecular complexity index is 4820. The van der Waals surface area contributed by atoms with Crippen LogP contribution < -0.4 is 118 Å². The van der Waals surface area contributed by atoms with E-state index in [0.29, 0.717) is 12.0 Å². The van der Waals surface area contributed by atoms with Crippen LogP contribution in [0.1, 0.15) is 166 Å². The van der Waals surface area contributed by atoms with Gasteiger partial charge in [0.15, 0.2) is 5.96 Å². The number of aliphatic hydroxyl groups excluding tert-OH is 3. The number of rotatable bonds is 65. The summed E-state index contributed by atoms with van der Waals surface area (Å²) in [5.41, 5.74) is 11.6. The number of nitrogens with two attached hydrogens (primary N) is 2. The standard InChI is InChI=1S/C94H150N24O28S/c1-46(2)33-59(79(132)100-41-71(125)118-31-20-24-68(118)90(143)113-65(43-119)81(134)101-42-73(128)129)104-70(124)40-99-80(133)60(34-47(3)4)111-92(145)75(50(9)10)117-89(142)67(45-121)114-93(146)76(51(11)12)116-87(140)61(35-48(5)6)107-78(131)53(14)103-84(137)64(38-72(126)127)110-86(139)63(37-55-25-27-56(122)28-26-55)108-85(138)62(36-54-21-17-16-18-22-54)109-88(141)66(44-120)112-83(136)58(29-32-147-15)105-77(130)52(13)102-82(135)57(23-19-30-98-94(96)97)106-91(144)74(49(7)8)115-69(123)39-95/h16-18,21-22,25-28,46-53,57-68,74-76,119-122H,19-20,23-24,29-45,95H2,1-15H3,(H,99,133)(H,100,132)(H,101,134)(H,102,135)(H,103,137)(H,104,124)(H,105,130)(H,106,144)(H,107,131)(H,108,138)(H,109,141)(H,110,139)(H,111,145)(H,112,136)(H,113,143)(H,114,146)(H,115,123)(H,116,140)(H,117,142)(H,126,127)(H,128,129)(H4,96,97,98)/t52-,53-,57-,58-,59-,60-,61-,62-,63-,64-,65-,66-,67-,68-,74-,75-,76-/m0/s1. The highest BCUT2D eigenvalue weighted by Gasteiger charge is 2.42. The molecule has 2 aromatic rings. The van der Waals surface area contributed by atoms with Crippen molar-refractivity contribution < 1.29 is 136 Å². The topological polar surface area (TPSA) is 817 Å². The summed E-state index contributed by atoms with van der Waals surface area (Å²) in [5.74, 6) is -25.5. The van der Waals surface area contributed by atoms with Crippen LogP contribution in [0.4, 0.5) is 0 Å². The van der Waals surface area contributed by atoms with Crippen LogP contribution in [0.25, 0.3) is 0 Å². The number of amides is 20. The molecule has 0 aliphatic carbocycles. The van der Waals surface area contributed by atoms with Gasteiger partial charge in [0.25, 0.3) is 0 Å². The lowest BCUT2D eigenvalue weighted by Crippen LogP contribution is -2.62. The Hall–Kier alpha value is -14.0. The third kappa shape index (κ3) is 46.1. The molecule has 0 aromatic heterocycles. The first-order chi connectivity index (χ1) is 69.1. The largest absolute Gasteiger partial charge is 0.508 e. The maximum Gasteiger partial charge on any atom is 0.322 e. The Morgan fingerprint density at radius 2 is 0.755 bits per heavy atom. The lowest BCUT2D eigenvalue weighted by Gasteiger charge is -2.29. The zero-order valence-corrected chi connectivity index (χ0v) is 86.3. The molecule has 0 radical (unpaired) electrons. The van der Waals surface area contributed by atoms with Crippen LogP contribution in [-0.4, -0.2) is 345 Å². The van der Waals surface area contributed by atoms with Crippen molar-refractivity contribution in [1.29, 1.82) is 5.41 Å². The number of carboxylic acid groups (broad SMARTS) is 2. The Labute approximate surface area is 856 Å². The number of benzene rings is 2. The second-order valence-electron chi connectivity index (χ2n) is 37.8. The molecule has 1 heterocycles. The minimum atomic E-state index is -2.05. The third-order valence-electron chi connectivity index (χ3n) is 22.9. The van der Waals surface area contributed by atoms with Gasteiger partial charge in [-0.05, 0) is 136 Å². The molecule has 52 nitrogen and oxygen atoms in total. The lowest BCUT2D eigenvalue weighted by molar-refractivity contribution is -0.141. The normalized spacial score (nSPS) is 15.5. The van der Waals surface area contributed by atoms with E-state index in [0.717, 1.165) is 11.8 Å². The quantitative estimate of drug-likeness (QED) is 0.0166. The number of phenolic OH excluding ortho intramolecular Hbond substituents is 1. The van der Waals surface area contributed by atoms with Crippen LogP contribution in [0.15, 0.2) is 54.6 Å². The van der Waals surface area contributed by atoms with Gasteiger partial charge in [-0.1, -0.05) is 126 Å². The summed E-state index contributed by atoms with van der Waals surface area (Å²) in [6.07, 6.45) is 0.116. The Balaban J connectivity index is 1.82. The van der Waals surface area contributed by atoms with Gasteiger partial charge in [0.1, 0.15) is 115 Å². The molecule has 0 spiro atoms. The molecule has 17 atom stereocenters. The van der Waals surface area contributed by atoms with Gasteiger partial charge in [0.2, 0.25) is 118 Å². The van der Waals surface area contributed by atoms with Gasteiger partial charge in [-0.15, -0.1) is 0 Å². The summed E-state index contributed by atoms with van der Waals surface area (Å²) in [7, 11) is 0. The van der Waals surface area contributed by atoms with E-state index in [1.54, 1.807) is 92.0 Å². The van der Waals surface area contributed by atoms with Crippen LogP contribution >= 0.6 is 11.8 Å². The highest BCUT2D eigenvalue weighted by Crippen LogP contribution is 2.21. The SMILES string of the molecule is CSCC[C@H](NC(=O)[C@H](C)NC(=O)[C@H](CCCNC(=N)N)NC(=O)[C@@H](NC(=O)CN)C(C)C)C(=O)N[C@@H](CO)C(=O)N[C@@H](Cc1ccccc1)C(=O)N[C@@H](Cc1ccc(O)cc1)C(=O)N[C@@H](CC(=O)O)C(=O)N[C@@H](C)C(=O)N[C@@H](CC(C)C)C(=O)N[C@H](C(=O)N[C@@H](CO)C(=O)N[C@H](C(=O)N[C@@H](CC(C)C)C(=O)NCC(=O)N[C@@H](CC(C)C)C(=O)NCC(=O)N1CCC[C@H]1C(=O)N[C@@H](CO)C(=O)NCC(=O)O)C(C)C)C(C)C. The minimum absolute atomic E-state index is 0.0238. The first kappa shape index (κ1) is 127. The van der Waals surface area contributed by atoms with E-state index in [4.69, 9.17) is 22.0 Å². The molecular weight excluding hydrogens is 1950 g/mol. The Morgan fingerprint density at radius 1 is 0.388 bits per heavy atom. The first-order valence-corrected chi connectivity index (χ1v) is 49.8. The molecule has 1 fully saturated rings. The molecule has 1 aliphatic rings. The predicted octanol–water partition coefficient (Wildman–Crippen LogP) is -8.07. The molecule has 3 rings (SSSR count).